The number of benzene rings is 2. The molecule has 0 saturated carbocycles. The van der Waals surface area contributed by atoms with Gasteiger partial charge in [0.1, 0.15) is 11.9 Å². The van der Waals surface area contributed by atoms with Crippen molar-refractivity contribution in [3.8, 4) is 0 Å². The maximum atomic E-state index is 13.2. The Morgan fingerprint density at radius 2 is 1.72 bits per heavy atom. The Morgan fingerprint density at radius 3 is 2.38 bits per heavy atom. The SMILES string of the molecule is O=C(C1CCCN1S(=O)(=O)c1ccc(F)cc1)N1CC=C(c2ccccc2)CC1. The molecule has 0 aromatic heterocycles. The Morgan fingerprint density at radius 1 is 1.00 bits per heavy atom. The number of nitrogens with zero attached hydrogens (tertiary/aromatic N) is 2. The number of hydrogen-bond donors (Lipinski definition) is 0. The number of amides is 1. The van der Waals surface area contributed by atoms with Crippen molar-refractivity contribution in [2.45, 2.75) is 30.2 Å². The van der Waals surface area contributed by atoms with Gasteiger partial charge in [0, 0.05) is 19.6 Å². The van der Waals surface area contributed by atoms with Crippen molar-refractivity contribution in [2.24, 2.45) is 0 Å². The highest BCUT2D eigenvalue weighted by molar-refractivity contribution is 7.89. The largest absolute Gasteiger partial charge is 0.337 e. The smallest absolute Gasteiger partial charge is 0.243 e. The molecule has 1 amide bonds. The van der Waals surface area contributed by atoms with Gasteiger partial charge < -0.3 is 4.90 Å². The summed E-state index contributed by atoms with van der Waals surface area (Å²) in [7, 11) is -3.84. The Bertz CT molecular complexity index is 1020. The van der Waals surface area contributed by atoms with Gasteiger partial charge in [0.25, 0.3) is 0 Å². The first-order valence-corrected chi connectivity index (χ1v) is 11.2. The van der Waals surface area contributed by atoms with Crippen molar-refractivity contribution in [3.63, 3.8) is 0 Å². The van der Waals surface area contributed by atoms with E-state index in [1.54, 1.807) is 4.90 Å². The zero-order valence-corrected chi connectivity index (χ0v) is 16.8. The van der Waals surface area contributed by atoms with Crippen LogP contribution in [0.2, 0.25) is 0 Å². The van der Waals surface area contributed by atoms with Crippen molar-refractivity contribution in [1.82, 2.24) is 9.21 Å². The first-order chi connectivity index (χ1) is 14.0. The molecule has 7 heteroatoms. The molecule has 2 aromatic carbocycles. The van der Waals surface area contributed by atoms with Crippen molar-refractivity contribution in [2.75, 3.05) is 19.6 Å². The van der Waals surface area contributed by atoms with Gasteiger partial charge in [0.05, 0.1) is 4.90 Å². The summed E-state index contributed by atoms with van der Waals surface area (Å²) in [5, 5.41) is 0. The predicted molar refractivity (Wildman–Crippen MR) is 109 cm³/mol. The fraction of sp³-hybridized carbons (Fsp3) is 0.318. The van der Waals surface area contributed by atoms with Crippen LogP contribution in [-0.4, -0.2) is 49.2 Å². The molecule has 2 heterocycles. The molecule has 5 nitrogen and oxygen atoms in total. The minimum Gasteiger partial charge on any atom is -0.337 e. The van der Waals surface area contributed by atoms with E-state index >= 15 is 0 Å². The van der Waals surface area contributed by atoms with E-state index in [-0.39, 0.29) is 10.8 Å². The van der Waals surface area contributed by atoms with Crippen LogP contribution in [0.4, 0.5) is 4.39 Å². The van der Waals surface area contributed by atoms with E-state index in [0.29, 0.717) is 32.5 Å². The lowest BCUT2D eigenvalue weighted by Crippen LogP contribution is -2.48. The normalized spacial score (nSPS) is 20.5. The average Bonchev–Trinajstić information content (AvgIpc) is 3.25. The van der Waals surface area contributed by atoms with E-state index in [0.717, 1.165) is 24.1 Å². The van der Waals surface area contributed by atoms with Crippen molar-refractivity contribution >= 4 is 21.5 Å². The molecule has 4 rings (SSSR count). The van der Waals surface area contributed by atoms with Gasteiger partial charge in [-0.25, -0.2) is 12.8 Å². The van der Waals surface area contributed by atoms with Crippen molar-refractivity contribution in [3.05, 3.63) is 72.1 Å². The molecule has 2 aliphatic heterocycles. The van der Waals surface area contributed by atoms with Crippen LogP contribution in [0.1, 0.15) is 24.8 Å². The van der Waals surface area contributed by atoms with Crippen molar-refractivity contribution in [1.29, 1.82) is 0 Å². The number of halogens is 1. The van der Waals surface area contributed by atoms with Crippen LogP contribution in [0.15, 0.2) is 65.6 Å². The third kappa shape index (κ3) is 3.97. The number of hydrogen-bond acceptors (Lipinski definition) is 3. The molecule has 2 aromatic rings. The lowest BCUT2D eigenvalue weighted by atomic mass is 9.99. The zero-order valence-electron chi connectivity index (χ0n) is 16.0. The van der Waals surface area contributed by atoms with Crippen LogP contribution < -0.4 is 0 Å². The fourth-order valence-electron chi connectivity index (χ4n) is 4.01. The summed E-state index contributed by atoms with van der Waals surface area (Å²) < 4.78 is 40.5. The summed E-state index contributed by atoms with van der Waals surface area (Å²) in [4.78, 5) is 14.9. The van der Waals surface area contributed by atoms with Gasteiger partial charge in [0.15, 0.2) is 0 Å². The summed E-state index contributed by atoms with van der Waals surface area (Å²) in [6, 6.07) is 14.1. The van der Waals surface area contributed by atoms with E-state index < -0.39 is 21.9 Å². The molecule has 152 valence electrons. The second-order valence-electron chi connectivity index (χ2n) is 7.36. The maximum absolute atomic E-state index is 13.2. The summed E-state index contributed by atoms with van der Waals surface area (Å²) in [5.74, 6) is -0.649. The van der Waals surface area contributed by atoms with Gasteiger partial charge in [-0.2, -0.15) is 4.31 Å². The van der Waals surface area contributed by atoms with Gasteiger partial charge in [-0.05, 0) is 54.7 Å². The maximum Gasteiger partial charge on any atom is 0.243 e. The third-order valence-electron chi connectivity index (χ3n) is 5.57. The van der Waals surface area contributed by atoms with Gasteiger partial charge in [0.2, 0.25) is 15.9 Å². The molecule has 0 spiro atoms. The van der Waals surface area contributed by atoms with Crippen LogP contribution in [0.3, 0.4) is 0 Å². The van der Waals surface area contributed by atoms with Crippen LogP contribution >= 0.6 is 0 Å². The van der Waals surface area contributed by atoms with Gasteiger partial charge in [-0.3, -0.25) is 4.79 Å². The second kappa shape index (κ2) is 8.08. The summed E-state index contributed by atoms with van der Waals surface area (Å²) in [6.07, 6.45) is 3.93. The molecule has 2 aliphatic rings. The quantitative estimate of drug-likeness (QED) is 0.771. The molecular formula is C22H23FN2O3S. The summed E-state index contributed by atoms with van der Waals surface area (Å²) >= 11 is 0. The number of carbonyl (C=O) groups excluding carboxylic acids is 1. The molecule has 1 fully saturated rings. The molecule has 0 aliphatic carbocycles. The van der Waals surface area contributed by atoms with Crippen LogP contribution in [-0.2, 0) is 14.8 Å². The standard InChI is InChI=1S/C22H23FN2O3S/c23-19-8-10-20(11-9-19)29(27,28)25-14-4-7-21(25)22(26)24-15-12-18(13-16-24)17-5-2-1-3-6-17/h1-3,5-6,8-12,21H,4,7,13-16H2. The minimum absolute atomic E-state index is 0.0171. The molecule has 1 unspecified atom stereocenters. The van der Waals surface area contributed by atoms with E-state index in [9.17, 15) is 17.6 Å². The fourth-order valence-corrected chi connectivity index (χ4v) is 5.66. The predicted octanol–water partition coefficient (Wildman–Crippen LogP) is 3.29. The van der Waals surface area contributed by atoms with E-state index in [1.165, 1.54) is 22.0 Å². The summed E-state index contributed by atoms with van der Waals surface area (Å²) in [6.45, 7) is 1.35. The topological polar surface area (TPSA) is 57.7 Å². The van der Waals surface area contributed by atoms with Crippen LogP contribution in [0, 0.1) is 5.82 Å². The highest BCUT2D eigenvalue weighted by atomic mass is 32.2. The van der Waals surface area contributed by atoms with Crippen molar-refractivity contribution < 1.29 is 17.6 Å². The molecule has 0 radical (unpaired) electrons. The van der Waals surface area contributed by atoms with Gasteiger partial charge >= 0.3 is 0 Å². The third-order valence-corrected chi connectivity index (χ3v) is 7.50. The molecule has 1 saturated heterocycles. The Labute approximate surface area is 170 Å². The zero-order chi connectivity index (χ0) is 20.4. The lowest BCUT2D eigenvalue weighted by molar-refractivity contribution is -0.134. The monoisotopic (exact) mass is 414 g/mol. The van der Waals surface area contributed by atoms with Gasteiger partial charge in [-0.15, -0.1) is 0 Å². The molecular weight excluding hydrogens is 391 g/mol. The van der Waals surface area contributed by atoms with E-state index in [2.05, 4.69) is 12.1 Å². The van der Waals surface area contributed by atoms with E-state index in [1.807, 2.05) is 24.3 Å². The highest BCUT2D eigenvalue weighted by Gasteiger charge is 2.41. The highest BCUT2D eigenvalue weighted by Crippen LogP contribution is 2.29. The second-order valence-corrected chi connectivity index (χ2v) is 9.25. The van der Waals surface area contributed by atoms with Gasteiger partial charge in [-0.1, -0.05) is 36.4 Å². The summed E-state index contributed by atoms with van der Waals surface area (Å²) in [5.41, 5.74) is 2.36. The average molecular weight is 415 g/mol. The Hall–Kier alpha value is -2.51. The molecule has 1 atom stereocenters. The first-order valence-electron chi connectivity index (χ1n) is 9.77. The number of rotatable bonds is 4. The molecule has 0 N–H and O–H groups in total. The number of sulfonamides is 1. The first kappa shape index (κ1) is 19.8. The molecule has 29 heavy (non-hydrogen) atoms. The Balaban J connectivity index is 1.50. The number of carbonyl (C=O) groups is 1. The minimum atomic E-state index is -3.84. The molecule has 0 bridgehead atoms. The lowest BCUT2D eigenvalue weighted by Gasteiger charge is -2.32. The van der Waals surface area contributed by atoms with Crippen LogP contribution in [0.5, 0.6) is 0 Å². The Kier molecular flexibility index (Phi) is 5.52. The van der Waals surface area contributed by atoms with E-state index in [4.69, 9.17) is 0 Å². The van der Waals surface area contributed by atoms with Crippen LogP contribution in [0.25, 0.3) is 5.57 Å².